The number of halogens is 1. The molecule has 2 amide bonds. The lowest BCUT2D eigenvalue weighted by Crippen LogP contribution is -2.43. The van der Waals surface area contributed by atoms with Gasteiger partial charge in [-0.25, -0.2) is 4.90 Å². The quantitative estimate of drug-likeness (QED) is 0.376. The highest BCUT2D eigenvalue weighted by atomic mass is 35.5. The lowest BCUT2D eigenvalue weighted by Gasteiger charge is -2.26. The number of carbonyl (C=O) groups is 2. The molecule has 2 bridgehead atoms. The molecule has 3 aliphatic rings. The van der Waals surface area contributed by atoms with Crippen LogP contribution in [0.2, 0.25) is 5.02 Å². The van der Waals surface area contributed by atoms with Crippen LogP contribution in [0.25, 0.3) is 0 Å². The number of aliphatic hydroxyl groups excluding tert-OH is 1. The molecule has 3 heterocycles. The van der Waals surface area contributed by atoms with Crippen LogP contribution in [0.1, 0.15) is 6.92 Å². The van der Waals surface area contributed by atoms with Crippen molar-refractivity contribution >= 4 is 34.8 Å². The van der Waals surface area contributed by atoms with Crippen LogP contribution < -0.4 is 4.90 Å². The largest absolute Gasteiger partial charge is 0.393 e. The second kappa shape index (κ2) is 4.87. The Morgan fingerprint density at radius 3 is 2.64 bits per heavy atom. The lowest BCUT2D eigenvalue weighted by atomic mass is 9.73. The molecule has 2 saturated heterocycles. The minimum atomic E-state index is -1.28. The highest BCUT2D eigenvalue weighted by molar-refractivity contribution is 6.31. The molecule has 1 N–H and O–H groups in total. The number of fused-ring (bicyclic) bond motifs is 5. The number of nitro benzene ring substituents is 1. The van der Waals surface area contributed by atoms with Crippen LogP contribution in [0.3, 0.4) is 0 Å². The van der Waals surface area contributed by atoms with Crippen LogP contribution in [-0.2, 0) is 14.3 Å². The maximum atomic E-state index is 13.0. The summed E-state index contributed by atoms with van der Waals surface area (Å²) in [6.07, 6.45) is 3.26. The van der Waals surface area contributed by atoms with E-state index in [1.807, 2.05) is 0 Å². The Morgan fingerprint density at radius 1 is 1.32 bits per heavy atom. The molecule has 1 aromatic carbocycles. The fourth-order valence-electron chi connectivity index (χ4n) is 4.11. The Labute approximate surface area is 146 Å². The number of carbonyl (C=O) groups excluding carboxylic acids is 2. The van der Waals surface area contributed by atoms with Crippen LogP contribution in [0.4, 0.5) is 11.4 Å². The number of aliphatic hydroxyl groups is 1. The molecule has 0 aromatic heterocycles. The Kier molecular flexibility index (Phi) is 3.16. The molecule has 2 fully saturated rings. The number of benzene rings is 1. The van der Waals surface area contributed by atoms with E-state index in [1.54, 1.807) is 19.1 Å². The van der Waals surface area contributed by atoms with E-state index in [0.717, 1.165) is 11.0 Å². The number of anilines is 1. The van der Waals surface area contributed by atoms with Crippen molar-refractivity contribution in [2.75, 3.05) is 11.5 Å². The Hall–Kier alpha value is -2.29. The minimum absolute atomic E-state index is 0.124. The van der Waals surface area contributed by atoms with E-state index in [-0.39, 0.29) is 10.7 Å². The van der Waals surface area contributed by atoms with Crippen LogP contribution in [-0.4, -0.2) is 39.7 Å². The summed E-state index contributed by atoms with van der Waals surface area (Å²) in [5, 5.41) is 21.2. The molecule has 8 nitrogen and oxygen atoms in total. The third-order valence-electron chi connectivity index (χ3n) is 5.18. The Bertz CT molecular complexity index is 870. The average molecular weight is 365 g/mol. The van der Waals surface area contributed by atoms with Gasteiger partial charge < -0.3 is 9.84 Å². The zero-order valence-corrected chi connectivity index (χ0v) is 13.8. The highest BCUT2D eigenvalue weighted by Crippen LogP contribution is 2.58. The Balaban J connectivity index is 1.85. The van der Waals surface area contributed by atoms with E-state index in [0.29, 0.717) is 0 Å². The number of ether oxygens (including phenoxy) is 1. The number of hydrogen-bond donors (Lipinski definition) is 1. The fraction of sp³-hybridized carbons (Fsp3) is 0.375. The minimum Gasteiger partial charge on any atom is -0.393 e. The van der Waals surface area contributed by atoms with Crippen LogP contribution >= 0.6 is 11.6 Å². The van der Waals surface area contributed by atoms with Gasteiger partial charge in [-0.3, -0.25) is 19.7 Å². The summed E-state index contributed by atoms with van der Waals surface area (Å²) in [5.41, 5.74) is -2.87. The summed E-state index contributed by atoms with van der Waals surface area (Å²) in [6, 6.07) is 3.76. The zero-order valence-electron chi connectivity index (χ0n) is 13.0. The average Bonchev–Trinajstić information content (AvgIpc) is 3.14. The topological polar surface area (TPSA) is 110 Å². The third kappa shape index (κ3) is 1.90. The van der Waals surface area contributed by atoms with Crippen molar-refractivity contribution in [3.63, 3.8) is 0 Å². The maximum absolute atomic E-state index is 13.0. The van der Waals surface area contributed by atoms with Gasteiger partial charge in [-0.15, -0.1) is 0 Å². The molecule has 3 aliphatic heterocycles. The third-order valence-corrected chi connectivity index (χ3v) is 5.41. The molecule has 25 heavy (non-hydrogen) atoms. The van der Waals surface area contributed by atoms with Gasteiger partial charge in [0.1, 0.15) is 11.3 Å². The molecule has 0 spiro atoms. The smallest absolute Gasteiger partial charge is 0.294 e. The first-order valence-corrected chi connectivity index (χ1v) is 7.95. The van der Waals surface area contributed by atoms with Gasteiger partial charge in [-0.05, 0) is 19.1 Å². The molecule has 0 unspecified atom stereocenters. The van der Waals surface area contributed by atoms with E-state index in [4.69, 9.17) is 16.3 Å². The van der Waals surface area contributed by atoms with Crippen LogP contribution in [0, 0.1) is 22.0 Å². The number of imide groups is 1. The molecule has 0 aliphatic carbocycles. The standard InChI is InChI=1S/C16H13ClN2O6/c1-15-4-5-16(7-20,25-15)12-11(15)13(21)18(14(12)22)9-3-2-8(17)6-10(9)19(23)24/h2-6,11-12,20H,7H2,1H3/t11-,12+,15+,16+/m1/s1. The molecule has 0 saturated carbocycles. The fourth-order valence-corrected chi connectivity index (χ4v) is 4.28. The summed E-state index contributed by atoms with van der Waals surface area (Å²) in [5.74, 6) is -2.96. The predicted octanol–water partition coefficient (Wildman–Crippen LogP) is 1.44. The van der Waals surface area contributed by atoms with Gasteiger partial charge in [0.05, 0.1) is 29.0 Å². The Morgan fingerprint density at radius 2 is 2.00 bits per heavy atom. The summed E-state index contributed by atoms with van der Waals surface area (Å²) >= 11 is 5.80. The van der Waals surface area contributed by atoms with Crippen LogP contribution in [0.5, 0.6) is 0 Å². The normalized spacial score (nSPS) is 35.6. The maximum Gasteiger partial charge on any atom is 0.294 e. The lowest BCUT2D eigenvalue weighted by molar-refractivity contribution is -0.384. The van der Waals surface area contributed by atoms with Gasteiger partial charge in [-0.1, -0.05) is 23.8 Å². The van der Waals surface area contributed by atoms with E-state index in [1.165, 1.54) is 12.1 Å². The van der Waals surface area contributed by atoms with Gasteiger partial charge in [0.25, 0.3) is 5.69 Å². The number of nitrogens with zero attached hydrogens (tertiary/aromatic N) is 2. The number of rotatable bonds is 3. The SMILES string of the molecule is C[C@@]12C=C[C@@](CO)(O1)[C@@H]1C(=O)N(c3ccc(Cl)cc3[N+](=O)[O-])C(=O)[C@@H]12. The van der Waals surface area contributed by atoms with Crippen molar-refractivity contribution in [1.82, 2.24) is 0 Å². The molecule has 4 atom stereocenters. The predicted molar refractivity (Wildman–Crippen MR) is 86.0 cm³/mol. The van der Waals surface area contributed by atoms with Crippen molar-refractivity contribution in [3.8, 4) is 0 Å². The molecule has 130 valence electrons. The van der Waals surface area contributed by atoms with E-state index in [9.17, 15) is 24.8 Å². The van der Waals surface area contributed by atoms with Crippen molar-refractivity contribution in [2.24, 2.45) is 11.8 Å². The van der Waals surface area contributed by atoms with E-state index >= 15 is 0 Å². The zero-order chi connectivity index (χ0) is 18.1. The molecule has 4 rings (SSSR count). The summed E-state index contributed by atoms with van der Waals surface area (Å²) in [4.78, 5) is 37.4. The van der Waals surface area contributed by atoms with E-state index in [2.05, 4.69) is 0 Å². The van der Waals surface area contributed by atoms with Gasteiger partial charge in [0.2, 0.25) is 11.8 Å². The highest BCUT2D eigenvalue weighted by Gasteiger charge is 2.72. The number of amides is 2. The molecule has 9 heteroatoms. The first-order valence-electron chi connectivity index (χ1n) is 7.57. The number of hydrogen-bond acceptors (Lipinski definition) is 6. The first kappa shape index (κ1) is 16.2. The first-order chi connectivity index (χ1) is 11.7. The monoisotopic (exact) mass is 364 g/mol. The molecule has 0 radical (unpaired) electrons. The number of nitro groups is 1. The summed E-state index contributed by atoms with van der Waals surface area (Å²) in [7, 11) is 0. The molecular weight excluding hydrogens is 352 g/mol. The summed E-state index contributed by atoms with van der Waals surface area (Å²) < 4.78 is 5.80. The molecular formula is C16H13ClN2O6. The molecule has 1 aromatic rings. The van der Waals surface area contributed by atoms with E-state index < -0.39 is 52.1 Å². The van der Waals surface area contributed by atoms with Crippen molar-refractivity contribution in [3.05, 3.63) is 45.5 Å². The van der Waals surface area contributed by atoms with Gasteiger partial charge in [-0.2, -0.15) is 0 Å². The van der Waals surface area contributed by atoms with Crippen molar-refractivity contribution in [1.29, 1.82) is 0 Å². The van der Waals surface area contributed by atoms with Gasteiger partial charge in [0.15, 0.2) is 0 Å². The second-order valence-corrected chi connectivity index (χ2v) is 7.03. The van der Waals surface area contributed by atoms with Crippen molar-refractivity contribution < 1.29 is 24.4 Å². The van der Waals surface area contributed by atoms with Gasteiger partial charge in [0, 0.05) is 11.1 Å². The van der Waals surface area contributed by atoms with Crippen molar-refractivity contribution in [2.45, 2.75) is 18.1 Å². The van der Waals surface area contributed by atoms with Crippen LogP contribution in [0.15, 0.2) is 30.4 Å². The summed E-state index contributed by atoms with van der Waals surface area (Å²) in [6.45, 7) is 1.20. The second-order valence-electron chi connectivity index (χ2n) is 6.59. The van der Waals surface area contributed by atoms with Gasteiger partial charge >= 0.3 is 0 Å².